The lowest BCUT2D eigenvalue weighted by Gasteiger charge is -2.18. The van der Waals surface area contributed by atoms with Crippen molar-refractivity contribution in [2.24, 2.45) is 0 Å². The molecule has 0 aromatic carbocycles. The van der Waals surface area contributed by atoms with E-state index in [2.05, 4.69) is 20.6 Å². The number of H-pyrrole nitrogens is 1. The summed E-state index contributed by atoms with van der Waals surface area (Å²) in [5, 5.41) is 13.0. The van der Waals surface area contributed by atoms with Crippen LogP contribution in [0.2, 0.25) is 0 Å². The Kier molecular flexibility index (Phi) is 6.17. The summed E-state index contributed by atoms with van der Waals surface area (Å²) in [6.45, 7) is -0.0702. The zero-order chi connectivity index (χ0) is 16.7. The quantitative estimate of drug-likeness (QED) is 0.486. The zero-order valence-corrected chi connectivity index (χ0v) is 11.6. The first-order chi connectivity index (χ1) is 10.3. The number of hydrogen-bond donors (Lipinski definition) is 4. The minimum Gasteiger partial charge on any atom is -0.481 e. The number of nitrogens with one attached hydrogen (secondary N) is 3. The lowest BCUT2D eigenvalue weighted by molar-refractivity contribution is -0.140. The summed E-state index contributed by atoms with van der Waals surface area (Å²) in [6.07, 6.45) is 2.03. The second kappa shape index (κ2) is 7.86. The Bertz CT molecular complexity index is 560. The van der Waals surface area contributed by atoms with Crippen LogP contribution in [-0.4, -0.2) is 57.4 Å². The predicted molar refractivity (Wildman–Crippen MR) is 70.7 cm³/mol. The standard InChI is InChI=1S/C12H15FN4O5/c1-6(16-12(22)10-14-2-3-15-10)11(21)17-7(4-9(19)20)8(18)5-13/h2-3,6-7H,4-5H2,1H3,(H,14,15)(H,16,22)(H,17,21)(H,19,20)/t6-,7-/m0/s1. The molecule has 0 saturated heterocycles. The third kappa shape index (κ3) is 4.96. The van der Waals surface area contributed by atoms with Gasteiger partial charge in [-0.15, -0.1) is 0 Å². The number of alkyl halides is 1. The van der Waals surface area contributed by atoms with E-state index in [-0.39, 0.29) is 5.82 Å². The van der Waals surface area contributed by atoms with Crippen molar-refractivity contribution >= 4 is 23.6 Å². The minimum atomic E-state index is -1.49. The molecule has 2 atom stereocenters. The van der Waals surface area contributed by atoms with Crippen molar-refractivity contribution in [1.29, 1.82) is 0 Å². The fourth-order valence-electron chi connectivity index (χ4n) is 1.53. The predicted octanol–water partition coefficient (Wildman–Crippen LogP) is -0.974. The Hall–Kier alpha value is -2.78. The van der Waals surface area contributed by atoms with E-state index in [0.29, 0.717) is 0 Å². The van der Waals surface area contributed by atoms with Gasteiger partial charge in [0.15, 0.2) is 11.6 Å². The summed E-state index contributed by atoms with van der Waals surface area (Å²) in [5.74, 6) is -3.89. The van der Waals surface area contributed by atoms with Gasteiger partial charge in [-0.1, -0.05) is 0 Å². The Morgan fingerprint density at radius 3 is 2.55 bits per heavy atom. The van der Waals surface area contributed by atoms with Gasteiger partial charge in [0.1, 0.15) is 18.8 Å². The van der Waals surface area contributed by atoms with Gasteiger partial charge in [0.25, 0.3) is 5.91 Å². The van der Waals surface area contributed by atoms with E-state index in [1.807, 2.05) is 0 Å². The normalized spacial score (nSPS) is 13.0. The Morgan fingerprint density at radius 1 is 1.36 bits per heavy atom. The molecule has 10 heteroatoms. The van der Waals surface area contributed by atoms with Gasteiger partial charge >= 0.3 is 5.97 Å². The van der Waals surface area contributed by atoms with E-state index in [1.54, 1.807) is 0 Å². The van der Waals surface area contributed by atoms with Crippen LogP contribution in [0.25, 0.3) is 0 Å². The number of nitrogens with zero attached hydrogens (tertiary/aromatic N) is 1. The molecule has 0 aliphatic rings. The first kappa shape index (κ1) is 17.3. The lowest BCUT2D eigenvalue weighted by Crippen LogP contribution is -2.51. The number of rotatable bonds is 8. The molecule has 0 saturated carbocycles. The van der Waals surface area contributed by atoms with E-state index in [9.17, 15) is 23.6 Å². The maximum Gasteiger partial charge on any atom is 0.305 e. The molecular weight excluding hydrogens is 299 g/mol. The second-order valence-corrected chi connectivity index (χ2v) is 4.39. The zero-order valence-electron chi connectivity index (χ0n) is 11.6. The van der Waals surface area contributed by atoms with E-state index >= 15 is 0 Å². The van der Waals surface area contributed by atoms with Crippen LogP contribution in [0.5, 0.6) is 0 Å². The van der Waals surface area contributed by atoms with Crippen molar-refractivity contribution in [3.05, 3.63) is 18.2 Å². The largest absolute Gasteiger partial charge is 0.481 e. The number of halogens is 1. The van der Waals surface area contributed by atoms with Crippen molar-refractivity contribution in [2.45, 2.75) is 25.4 Å². The maximum atomic E-state index is 12.4. The van der Waals surface area contributed by atoms with Gasteiger partial charge in [0.2, 0.25) is 5.91 Å². The SMILES string of the molecule is C[C@H](NC(=O)c1ncc[nH]1)C(=O)N[C@@H](CC(=O)O)C(=O)CF. The molecule has 1 heterocycles. The second-order valence-electron chi connectivity index (χ2n) is 4.39. The van der Waals surface area contributed by atoms with E-state index in [1.165, 1.54) is 19.3 Å². The number of carbonyl (C=O) groups excluding carboxylic acids is 3. The summed E-state index contributed by atoms with van der Waals surface area (Å²) in [4.78, 5) is 51.6. The molecule has 0 spiro atoms. The molecule has 9 nitrogen and oxygen atoms in total. The van der Waals surface area contributed by atoms with Crippen molar-refractivity contribution in [3.63, 3.8) is 0 Å². The number of aromatic amines is 1. The first-order valence-corrected chi connectivity index (χ1v) is 6.26. The van der Waals surface area contributed by atoms with Crippen LogP contribution >= 0.6 is 0 Å². The highest BCUT2D eigenvalue weighted by atomic mass is 19.1. The summed E-state index contributed by atoms with van der Waals surface area (Å²) >= 11 is 0. The smallest absolute Gasteiger partial charge is 0.305 e. The van der Waals surface area contributed by atoms with Gasteiger partial charge in [-0.2, -0.15) is 0 Å². The molecule has 0 unspecified atom stereocenters. The average molecular weight is 314 g/mol. The van der Waals surface area contributed by atoms with Gasteiger partial charge in [-0.3, -0.25) is 19.2 Å². The van der Waals surface area contributed by atoms with Crippen LogP contribution in [0.4, 0.5) is 4.39 Å². The molecule has 0 aliphatic heterocycles. The molecule has 1 aromatic heterocycles. The lowest BCUT2D eigenvalue weighted by atomic mass is 10.1. The fraction of sp³-hybridized carbons (Fsp3) is 0.417. The summed E-state index contributed by atoms with van der Waals surface area (Å²) < 4.78 is 12.4. The van der Waals surface area contributed by atoms with Crippen molar-refractivity contribution in [1.82, 2.24) is 20.6 Å². The number of amides is 2. The van der Waals surface area contributed by atoms with E-state index in [4.69, 9.17) is 5.11 Å². The van der Waals surface area contributed by atoms with Gasteiger partial charge in [-0.05, 0) is 6.92 Å². The molecule has 4 N–H and O–H groups in total. The number of Topliss-reactive ketones (excluding diaryl/α,β-unsaturated/α-hetero) is 1. The summed E-state index contributed by atoms with van der Waals surface area (Å²) in [7, 11) is 0. The number of aliphatic carboxylic acids is 1. The Morgan fingerprint density at radius 2 is 2.05 bits per heavy atom. The molecule has 1 rings (SSSR count). The van der Waals surface area contributed by atoms with Gasteiger partial charge < -0.3 is 20.7 Å². The minimum absolute atomic E-state index is 0.0124. The monoisotopic (exact) mass is 314 g/mol. The Balaban J connectivity index is 2.62. The third-order valence-corrected chi connectivity index (χ3v) is 2.67. The number of carbonyl (C=O) groups is 4. The highest BCUT2D eigenvalue weighted by molar-refractivity contribution is 5.97. The van der Waals surface area contributed by atoms with Crippen LogP contribution in [0.1, 0.15) is 24.0 Å². The molecular formula is C12H15FN4O5. The van der Waals surface area contributed by atoms with Crippen LogP contribution in [0.15, 0.2) is 12.4 Å². The number of carboxylic acid groups (broad SMARTS) is 1. The van der Waals surface area contributed by atoms with E-state index in [0.717, 1.165) is 0 Å². The van der Waals surface area contributed by atoms with Crippen LogP contribution in [0, 0.1) is 0 Å². The molecule has 0 fully saturated rings. The maximum absolute atomic E-state index is 12.4. The molecule has 0 bridgehead atoms. The molecule has 0 radical (unpaired) electrons. The topological polar surface area (TPSA) is 141 Å². The summed E-state index contributed by atoms with van der Waals surface area (Å²) in [5.41, 5.74) is 0. The van der Waals surface area contributed by atoms with Crippen molar-refractivity contribution in [2.75, 3.05) is 6.67 Å². The van der Waals surface area contributed by atoms with Gasteiger partial charge in [0, 0.05) is 12.4 Å². The molecule has 2 amide bonds. The number of hydrogen-bond acceptors (Lipinski definition) is 5. The highest BCUT2D eigenvalue weighted by Crippen LogP contribution is 1.98. The summed E-state index contributed by atoms with van der Waals surface area (Å²) in [6, 6.07) is -2.56. The van der Waals surface area contributed by atoms with Crippen molar-refractivity contribution in [3.8, 4) is 0 Å². The number of ketones is 1. The molecule has 1 aromatic rings. The van der Waals surface area contributed by atoms with E-state index < -0.39 is 48.7 Å². The molecule has 0 aliphatic carbocycles. The van der Waals surface area contributed by atoms with Gasteiger partial charge in [-0.25, -0.2) is 9.37 Å². The highest BCUT2D eigenvalue weighted by Gasteiger charge is 2.26. The fourth-order valence-corrected chi connectivity index (χ4v) is 1.53. The van der Waals surface area contributed by atoms with Crippen LogP contribution < -0.4 is 10.6 Å². The Labute approximate surface area is 124 Å². The molecule has 120 valence electrons. The third-order valence-electron chi connectivity index (χ3n) is 2.67. The number of aromatic nitrogens is 2. The van der Waals surface area contributed by atoms with Crippen LogP contribution in [0.3, 0.4) is 0 Å². The first-order valence-electron chi connectivity index (χ1n) is 6.26. The molecule has 22 heavy (non-hydrogen) atoms. The number of imidazole rings is 1. The van der Waals surface area contributed by atoms with Gasteiger partial charge in [0.05, 0.1) is 6.42 Å². The van der Waals surface area contributed by atoms with Crippen LogP contribution in [-0.2, 0) is 14.4 Å². The average Bonchev–Trinajstić information content (AvgIpc) is 2.99. The number of carboxylic acids is 1. The van der Waals surface area contributed by atoms with Crippen molar-refractivity contribution < 1.29 is 28.7 Å².